The molecule has 3 aromatic carbocycles. The zero-order valence-electron chi connectivity index (χ0n) is 24.0. The van der Waals surface area contributed by atoms with Crippen LogP contribution >= 0.6 is 0 Å². The zero-order chi connectivity index (χ0) is 29.4. The summed E-state index contributed by atoms with van der Waals surface area (Å²) in [6.45, 7) is 8.96. The van der Waals surface area contributed by atoms with E-state index in [0.717, 1.165) is 27.4 Å². The Bertz CT molecular complexity index is 1430. The molecule has 0 spiro atoms. The van der Waals surface area contributed by atoms with E-state index in [1.54, 1.807) is 56.5 Å². The van der Waals surface area contributed by atoms with Gasteiger partial charge in [-0.25, -0.2) is 8.42 Å². The van der Waals surface area contributed by atoms with Crippen LogP contribution in [0.2, 0.25) is 0 Å². The average Bonchev–Trinajstić information content (AvgIpc) is 2.96. The van der Waals surface area contributed by atoms with Crippen molar-refractivity contribution in [3.8, 4) is 5.75 Å². The highest BCUT2D eigenvalue weighted by Crippen LogP contribution is 2.26. The van der Waals surface area contributed by atoms with Crippen LogP contribution < -0.4 is 14.4 Å². The third-order valence-electron chi connectivity index (χ3n) is 7.04. The lowest BCUT2D eigenvalue weighted by Gasteiger charge is -2.32. The largest absolute Gasteiger partial charge is 0.497 e. The van der Waals surface area contributed by atoms with Crippen molar-refractivity contribution < 1.29 is 22.7 Å². The van der Waals surface area contributed by atoms with Crippen molar-refractivity contribution in [1.29, 1.82) is 0 Å². The first-order valence-electron chi connectivity index (χ1n) is 13.4. The third kappa shape index (κ3) is 7.41. The van der Waals surface area contributed by atoms with Gasteiger partial charge in [-0.05, 0) is 87.2 Å². The van der Waals surface area contributed by atoms with Gasteiger partial charge in [-0.15, -0.1) is 0 Å². The fourth-order valence-electron chi connectivity index (χ4n) is 4.14. The number of nitrogens with zero attached hydrogens (tertiary/aromatic N) is 2. The van der Waals surface area contributed by atoms with E-state index in [1.807, 2.05) is 45.9 Å². The van der Waals surface area contributed by atoms with Gasteiger partial charge in [0.15, 0.2) is 0 Å². The smallest absolute Gasteiger partial charge is 0.264 e. The van der Waals surface area contributed by atoms with Crippen LogP contribution in [-0.2, 0) is 26.2 Å². The molecule has 2 atom stereocenters. The summed E-state index contributed by atoms with van der Waals surface area (Å²) < 4.78 is 34.2. The van der Waals surface area contributed by atoms with Crippen LogP contribution in [0.3, 0.4) is 0 Å². The van der Waals surface area contributed by atoms with Crippen LogP contribution in [0.5, 0.6) is 5.75 Å². The molecule has 8 nitrogen and oxygen atoms in total. The van der Waals surface area contributed by atoms with E-state index in [1.165, 1.54) is 17.0 Å². The second kappa shape index (κ2) is 13.5. The van der Waals surface area contributed by atoms with Crippen molar-refractivity contribution in [2.45, 2.75) is 64.6 Å². The Balaban J connectivity index is 2.05. The summed E-state index contributed by atoms with van der Waals surface area (Å²) in [6.07, 6.45) is 0.734. The highest BCUT2D eigenvalue weighted by molar-refractivity contribution is 7.92. The first-order chi connectivity index (χ1) is 19.0. The summed E-state index contributed by atoms with van der Waals surface area (Å²) in [5.41, 5.74) is 3.02. The normalized spacial score (nSPS) is 12.8. The summed E-state index contributed by atoms with van der Waals surface area (Å²) in [5.74, 6) is -0.202. The molecule has 1 N–H and O–H groups in total. The van der Waals surface area contributed by atoms with Gasteiger partial charge in [0.25, 0.3) is 10.0 Å². The molecule has 3 aromatic rings. The number of aryl methyl sites for hydroxylation is 2. The molecular formula is C31H39N3O5S. The maximum Gasteiger partial charge on any atom is 0.264 e. The lowest BCUT2D eigenvalue weighted by molar-refractivity contribution is -0.139. The van der Waals surface area contributed by atoms with Crippen molar-refractivity contribution in [3.63, 3.8) is 0 Å². The topological polar surface area (TPSA) is 96.0 Å². The predicted octanol–water partition coefficient (Wildman–Crippen LogP) is 4.84. The molecule has 0 heterocycles. The van der Waals surface area contributed by atoms with Crippen LogP contribution in [0.15, 0.2) is 77.7 Å². The SMILES string of the molecule is CC[C@H](C)NC(=O)[C@H](C)N(Cc1cccc(OC)c1)C(=O)CN(c1ccc(C)c(C)c1)S(=O)(=O)c1ccccc1. The van der Waals surface area contributed by atoms with Crippen LogP contribution in [-0.4, -0.2) is 50.9 Å². The third-order valence-corrected chi connectivity index (χ3v) is 8.83. The van der Waals surface area contributed by atoms with E-state index in [4.69, 9.17) is 4.74 Å². The van der Waals surface area contributed by atoms with Crippen molar-refractivity contribution in [1.82, 2.24) is 10.2 Å². The molecule has 0 bridgehead atoms. The fourth-order valence-corrected chi connectivity index (χ4v) is 5.57. The lowest BCUT2D eigenvalue weighted by Crippen LogP contribution is -2.52. The first-order valence-corrected chi connectivity index (χ1v) is 14.8. The van der Waals surface area contributed by atoms with E-state index in [9.17, 15) is 18.0 Å². The van der Waals surface area contributed by atoms with Gasteiger partial charge in [0.2, 0.25) is 11.8 Å². The summed E-state index contributed by atoms with van der Waals surface area (Å²) in [7, 11) is -2.54. The summed E-state index contributed by atoms with van der Waals surface area (Å²) >= 11 is 0. The second-order valence-electron chi connectivity index (χ2n) is 9.96. The Morgan fingerprint density at radius 3 is 2.25 bits per heavy atom. The Morgan fingerprint density at radius 2 is 1.62 bits per heavy atom. The fraction of sp³-hybridized carbons (Fsp3) is 0.355. The molecule has 0 aliphatic rings. The number of rotatable bonds is 12. The van der Waals surface area contributed by atoms with Crippen molar-refractivity contribution in [2.75, 3.05) is 18.0 Å². The maximum absolute atomic E-state index is 14.0. The number of hydrogen-bond donors (Lipinski definition) is 1. The molecule has 3 rings (SSSR count). The molecule has 0 aromatic heterocycles. The molecule has 0 fully saturated rings. The molecule has 0 saturated carbocycles. The second-order valence-corrected chi connectivity index (χ2v) is 11.8. The zero-order valence-corrected chi connectivity index (χ0v) is 24.9. The van der Waals surface area contributed by atoms with Crippen LogP contribution in [0.25, 0.3) is 0 Å². The minimum Gasteiger partial charge on any atom is -0.497 e. The molecule has 0 unspecified atom stereocenters. The van der Waals surface area contributed by atoms with Crippen molar-refractivity contribution in [3.05, 3.63) is 89.5 Å². The molecule has 0 saturated heterocycles. The number of carbonyl (C=O) groups excluding carboxylic acids is 2. The first kappa shape index (κ1) is 30.7. The lowest BCUT2D eigenvalue weighted by atomic mass is 10.1. The molecule has 2 amide bonds. The van der Waals surface area contributed by atoms with E-state index in [2.05, 4.69) is 5.32 Å². The Morgan fingerprint density at radius 1 is 0.925 bits per heavy atom. The Hall–Kier alpha value is -3.85. The van der Waals surface area contributed by atoms with Gasteiger partial charge < -0.3 is 15.0 Å². The molecule has 40 heavy (non-hydrogen) atoms. The monoisotopic (exact) mass is 565 g/mol. The van der Waals surface area contributed by atoms with Crippen molar-refractivity contribution in [2.24, 2.45) is 0 Å². The number of hydrogen-bond acceptors (Lipinski definition) is 5. The maximum atomic E-state index is 14.0. The van der Waals surface area contributed by atoms with Gasteiger partial charge in [-0.3, -0.25) is 13.9 Å². The highest BCUT2D eigenvalue weighted by Gasteiger charge is 2.33. The van der Waals surface area contributed by atoms with Gasteiger partial charge >= 0.3 is 0 Å². The standard InChI is InChI=1S/C31H39N3O5S/c1-7-24(4)32-31(36)25(5)33(20-26-12-11-13-28(19-26)39-6)30(35)21-34(27-17-16-22(2)23(3)18-27)40(37,38)29-14-9-8-10-15-29/h8-19,24-25H,7,20-21H2,1-6H3,(H,32,36)/t24-,25-/m0/s1. The number of carbonyl (C=O) groups is 2. The molecule has 0 radical (unpaired) electrons. The molecular weight excluding hydrogens is 526 g/mol. The van der Waals surface area contributed by atoms with Gasteiger partial charge in [0, 0.05) is 12.6 Å². The van der Waals surface area contributed by atoms with Gasteiger partial charge in [0.1, 0.15) is 18.3 Å². The molecule has 0 aliphatic carbocycles. The van der Waals surface area contributed by atoms with Gasteiger partial charge in [-0.1, -0.05) is 43.3 Å². The van der Waals surface area contributed by atoms with E-state index < -0.39 is 28.5 Å². The van der Waals surface area contributed by atoms with E-state index >= 15 is 0 Å². The number of ether oxygens (including phenoxy) is 1. The van der Waals surface area contributed by atoms with Crippen molar-refractivity contribution >= 4 is 27.5 Å². The summed E-state index contributed by atoms with van der Waals surface area (Å²) in [4.78, 5) is 28.7. The van der Waals surface area contributed by atoms with Crippen LogP contribution in [0.4, 0.5) is 5.69 Å². The predicted molar refractivity (Wildman–Crippen MR) is 158 cm³/mol. The van der Waals surface area contributed by atoms with Crippen LogP contribution in [0, 0.1) is 13.8 Å². The molecule has 0 aliphatic heterocycles. The molecule has 9 heteroatoms. The quantitative estimate of drug-likeness (QED) is 0.339. The van der Waals surface area contributed by atoms with Gasteiger partial charge in [-0.2, -0.15) is 0 Å². The van der Waals surface area contributed by atoms with E-state index in [-0.39, 0.29) is 23.4 Å². The van der Waals surface area contributed by atoms with Crippen LogP contribution in [0.1, 0.15) is 43.9 Å². The Kier molecular flexibility index (Phi) is 10.3. The van der Waals surface area contributed by atoms with Gasteiger partial charge in [0.05, 0.1) is 17.7 Å². The number of nitrogens with one attached hydrogen (secondary N) is 1. The number of sulfonamides is 1. The Labute approximate surface area is 238 Å². The minimum absolute atomic E-state index is 0.0722. The number of methoxy groups -OCH3 is 1. The average molecular weight is 566 g/mol. The summed E-state index contributed by atoms with van der Waals surface area (Å²) in [5, 5.41) is 2.94. The van der Waals surface area contributed by atoms with E-state index in [0.29, 0.717) is 11.4 Å². The minimum atomic E-state index is -4.10. The number of anilines is 1. The number of benzene rings is 3. The number of amides is 2. The summed E-state index contributed by atoms with van der Waals surface area (Å²) in [6, 6.07) is 19.6. The molecule has 214 valence electrons. The highest BCUT2D eigenvalue weighted by atomic mass is 32.2.